The van der Waals surface area contributed by atoms with Gasteiger partial charge in [0.1, 0.15) is 5.54 Å². The lowest BCUT2D eigenvalue weighted by atomic mass is 9.99. The van der Waals surface area contributed by atoms with Gasteiger partial charge in [-0.15, -0.1) is 0 Å². The normalized spacial score (nSPS) is 16.4. The quantitative estimate of drug-likeness (QED) is 0.656. The maximum absolute atomic E-state index is 11.9. The topological polar surface area (TPSA) is 38.3 Å². The molecule has 2 atom stereocenters. The number of carbonyl (C=O) groups is 1. The fourth-order valence-corrected chi connectivity index (χ4v) is 2.81. The van der Waals surface area contributed by atoms with Crippen LogP contribution in [0.25, 0.3) is 0 Å². The smallest absolute Gasteiger partial charge is 0.325 e. The number of thioether (sulfide) groups is 1. The van der Waals surface area contributed by atoms with Crippen LogP contribution in [0.5, 0.6) is 0 Å². The van der Waals surface area contributed by atoms with Gasteiger partial charge in [-0.1, -0.05) is 27.7 Å². The summed E-state index contributed by atoms with van der Waals surface area (Å²) in [5.41, 5.74) is -0.547. The zero-order valence-corrected chi connectivity index (χ0v) is 13.5. The van der Waals surface area contributed by atoms with E-state index in [1.807, 2.05) is 18.7 Å². The van der Waals surface area contributed by atoms with Gasteiger partial charge in [0.2, 0.25) is 0 Å². The first kappa shape index (κ1) is 17.8. The largest absolute Gasteiger partial charge is 0.468 e. The average molecular weight is 275 g/mol. The first-order valence-corrected chi connectivity index (χ1v) is 7.87. The van der Waals surface area contributed by atoms with E-state index >= 15 is 0 Å². The van der Waals surface area contributed by atoms with Gasteiger partial charge < -0.3 is 10.1 Å². The molecule has 4 heteroatoms. The van der Waals surface area contributed by atoms with Crippen molar-refractivity contribution in [2.24, 2.45) is 5.92 Å². The molecule has 0 amide bonds. The van der Waals surface area contributed by atoms with Gasteiger partial charge in [-0.25, -0.2) is 0 Å². The fraction of sp³-hybridized carbons (Fsp3) is 0.929. The lowest BCUT2D eigenvalue weighted by Crippen LogP contribution is -2.51. The molecule has 0 aliphatic rings. The molecule has 0 spiro atoms. The lowest BCUT2D eigenvalue weighted by molar-refractivity contribution is -0.148. The van der Waals surface area contributed by atoms with Crippen LogP contribution in [0.4, 0.5) is 0 Å². The van der Waals surface area contributed by atoms with Crippen molar-refractivity contribution in [3.05, 3.63) is 0 Å². The molecule has 0 fully saturated rings. The number of hydrogen-bond acceptors (Lipinski definition) is 4. The summed E-state index contributed by atoms with van der Waals surface area (Å²) in [4.78, 5) is 11.9. The Labute approximate surface area is 116 Å². The highest BCUT2D eigenvalue weighted by atomic mass is 32.2. The summed E-state index contributed by atoms with van der Waals surface area (Å²) in [5, 5.41) is 3.93. The monoisotopic (exact) mass is 275 g/mol. The SMILES string of the molecule is CCCNC(C)(CCSC(C)C(C)C)C(=O)OC. The molecule has 0 aliphatic heterocycles. The van der Waals surface area contributed by atoms with Gasteiger partial charge in [0.05, 0.1) is 7.11 Å². The van der Waals surface area contributed by atoms with Crippen LogP contribution in [0, 0.1) is 5.92 Å². The second-order valence-corrected chi connectivity index (χ2v) is 6.81. The van der Waals surface area contributed by atoms with E-state index in [0.29, 0.717) is 11.2 Å². The van der Waals surface area contributed by atoms with Crippen molar-refractivity contribution in [3.63, 3.8) is 0 Å². The molecule has 0 aliphatic carbocycles. The summed E-state index contributed by atoms with van der Waals surface area (Å²) in [6, 6.07) is 0. The Morgan fingerprint density at radius 1 is 1.39 bits per heavy atom. The Bertz CT molecular complexity index is 246. The molecule has 108 valence electrons. The van der Waals surface area contributed by atoms with Crippen LogP contribution >= 0.6 is 11.8 Å². The molecule has 1 N–H and O–H groups in total. The zero-order valence-electron chi connectivity index (χ0n) is 12.7. The van der Waals surface area contributed by atoms with E-state index in [0.717, 1.165) is 25.1 Å². The Kier molecular flexibility index (Phi) is 8.70. The summed E-state index contributed by atoms with van der Waals surface area (Å²) in [5.74, 6) is 1.48. The molecule has 0 saturated heterocycles. The molecule has 0 aromatic heterocycles. The predicted molar refractivity (Wildman–Crippen MR) is 80.1 cm³/mol. The maximum atomic E-state index is 11.9. The number of carbonyl (C=O) groups excluding carboxylic acids is 1. The summed E-state index contributed by atoms with van der Waals surface area (Å²) in [6.07, 6.45) is 1.82. The molecule has 3 nitrogen and oxygen atoms in total. The summed E-state index contributed by atoms with van der Waals surface area (Å²) in [7, 11) is 1.46. The van der Waals surface area contributed by atoms with Crippen LogP contribution < -0.4 is 5.32 Å². The first-order chi connectivity index (χ1) is 8.37. The molecule has 0 saturated carbocycles. The van der Waals surface area contributed by atoms with E-state index in [9.17, 15) is 4.79 Å². The van der Waals surface area contributed by atoms with Crippen LogP contribution in [0.15, 0.2) is 0 Å². The van der Waals surface area contributed by atoms with E-state index in [1.165, 1.54) is 7.11 Å². The maximum Gasteiger partial charge on any atom is 0.325 e. The van der Waals surface area contributed by atoms with E-state index in [2.05, 4.69) is 33.0 Å². The number of nitrogens with one attached hydrogen (secondary N) is 1. The minimum atomic E-state index is -0.547. The zero-order chi connectivity index (χ0) is 14.2. The highest BCUT2D eigenvalue weighted by Crippen LogP contribution is 2.23. The predicted octanol–water partition coefficient (Wildman–Crippen LogP) is 3.09. The minimum Gasteiger partial charge on any atom is -0.468 e. The van der Waals surface area contributed by atoms with Gasteiger partial charge in [0.25, 0.3) is 0 Å². The summed E-state index contributed by atoms with van der Waals surface area (Å²) in [6.45, 7) is 11.6. The first-order valence-electron chi connectivity index (χ1n) is 6.82. The molecular formula is C14H29NO2S. The van der Waals surface area contributed by atoms with Crippen LogP contribution in [0.3, 0.4) is 0 Å². The van der Waals surface area contributed by atoms with E-state index in [4.69, 9.17) is 4.74 Å². The van der Waals surface area contributed by atoms with Crippen LogP contribution in [0.2, 0.25) is 0 Å². The third-order valence-corrected chi connectivity index (χ3v) is 4.83. The van der Waals surface area contributed by atoms with Crippen LogP contribution in [-0.4, -0.2) is 36.2 Å². The average Bonchev–Trinajstić information content (AvgIpc) is 2.34. The number of ether oxygens (including phenoxy) is 1. The minimum absolute atomic E-state index is 0.159. The number of esters is 1. The van der Waals surface area contributed by atoms with Gasteiger partial charge in [-0.05, 0) is 38.0 Å². The van der Waals surface area contributed by atoms with Crippen molar-refractivity contribution in [1.82, 2.24) is 5.32 Å². The summed E-state index contributed by atoms with van der Waals surface area (Å²) < 4.78 is 4.91. The van der Waals surface area contributed by atoms with Crippen molar-refractivity contribution in [2.45, 2.75) is 58.2 Å². The van der Waals surface area contributed by atoms with E-state index < -0.39 is 5.54 Å². The Balaban J connectivity index is 4.29. The van der Waals surface area contributed by atoms with Crippen molar-refractivity contribution >= 4 is 17.7 Å². The molecule has 18 heavy (non-hydrogen) atoms. The van der Waals surface area contributed by atoms with Gasteiger partial charge >= 0.3 is 5.97 Å². The number of hydrogen-bond donors (Lipinski definition) is 1. The highest BCUT2D eigenvalue weighted by molar-refractivity contribution is 7.99. The molecule has 0 radical (unpaired) electrons. The molecule has 2 unspecified atom stereocenters. The molecule has 0 aromatic carbocycles. The van der Waals surface area contributed by atoms with Crippen LogP contribution in [0.1, 0.15) is 47.5 Å². The van der Waals surface area contributed by atoms with Gasteiger partial charge in [-0.3, -0.25) is 4.79 Å². The Hall–Kier alpha value is -0.220. The van der Waals surface area contributed by atoms with E-state index in [1.54, 1.807) is 0 Å². The van der Waals surface area contributed by atoms with Gasteiger partial charge in [-0.2, -0.15) is 11.8 Å². The molecular weight excluding hydrogens is 246 g/mol. The van der Waals surface area contributed by atoms with Crippen molar-refractivity contribution in [1.29, 1.82) is 0 Å². The number of rotatable bonds is 9. The Morgan fingerprint density at radius 3 is 2.44 bits per heavy atom. The number of methoxy groups -OCH3 is 1. The second-order valence-electron chi connectivity index (χ2n) is 5.32. The second kappa shape index (κ2) is 8.81. The van der Waals surface area contributed by atoms with Gasteiger partial charge in [0, 0.05) is 5.25 Å². The third-order valence-electron chi connectivity index (χ3n) is 3.32. The van der Waals surface area contributed by atoms with Crippen molar-refractivity contribution < 1.29 is 9.53 Å². The third kappa shape index (κ3) is 6.10. The fourth-order valence-electron chi connectivity index (χ4n) is 1.53. The standard InChI is InChI=1S/C14H29NO2S/c1-7-9-15-14(5,13(16)17-6)8-10-18-12(4)11(2)3/h11-12,15H,7-10H2,1-6H3. The molecule has 0 bridgehead atoms. The summed E-state index contributed by atoms with van der Waals surface area (Å²) >= 11 is 1.92. The molecule has 0 aromatic rings. The van der Waals surface area contributed by atoms with Crippen molar-refractivity contribution in [2.75, 3.05) is 19.4 Å². The van der Waals surface area contributed by atoms with Gasteiger partial charge in [0.15, 0.2) is 0 Å². The molecule has 0 rings (SSSR count). The van der Waals surface area contributed by atoms with Crippen LogP contribution in [-0.2, 0) is 9.53 Å². The highest BCUT2D eigenvalue weighted by Gasteiger charge is 2.33. The van der Waals surface area contributed by atoms with Crippen molar-refractivity contribution in [3.8, 4) is 0 Å². The molecule has 0 heterocycles. The lowest BCUT2D eigenvalue weighted by Gasteiger charge is -2.28. The van der Waals surface area contributed by atoms with E-state index in [-0.39, 0.29) is 5.97 Å². The Morgan fingerprint density at radius 2 is 2.00 bits per heavy atom.